The Balaban J connectivity index is 1.79. The average molecular weight is 407 g/mol. The van der Waals surface area contributed by atoms with Gasteiger partial charge in [0.25, 0.3) is 0 Å². The van der Waals surface area contributed by atoms with Gasteiger partial charge in [-0.3, -0.25) is 5.32 Å². The Morgan fingerprint density at radius 3 is 2.76 bits per heavy atom. The van der Waals surface area contributed by atoms with Crippen molar-refractivity contribution in [2.45, 2.75) is 25.6 Å². The minimum Gasteiger partial charge on any atom is -0.505 e. The number of hydrogen-bond donors (Lipinski definition) is 3. The van der Waals surface area contributed by atoms with Crippen molar-refractivity contribution in [2.24, 2.45) is 0 Å². The van der Waals surface area contributed by atoms with Crippen LogP contribution in [0.5, 0.6) is 17.2 Å². The van der Waals surface area contributed by atoms with Crippen molar-refractivity contribution in [3.8, 4) is 17.2 Å². The summed E-state index contributed by atoms with van der Waals surface area (Å²) in [6.07, 6.45) is -2.36. The molecule has 0 aliphatic carbocycles. The summed E-state index contributed by atoms with van der Waals surface area (Å²) in [6.45, 7) is 1.95. The van der Waals surface area contributed by atoms with Crippen molar-refractivity contribution >= 4 is 11.8 Å². The number of carbonyl (C=O) groups excluding carboxylic acids is 1. The SMILES string of the molecule is CCO[C@H](CCO)[C@H](OC(=O)Nc1ccc2c(c1)OCO2)c1ccc(O)c(F)c1. The molecule has 0 fully saturated rings. The molecular weight excluding hydrogens is 385 g/mol. The predicted molar refractivity (Wildman–Crippen MR) is 101 cm³/mol. The normalized spacial score (nSPS) is 14.3. The smallest absolute Gasteiger partial charge is 0.412 e. The third-order valence-corrected chi connectivity index (χ3v) is 4.29. The fraction of sp³-hybridized carbons (Fsp3) is 0.350. The van der Waals surface area contributed by atoms with Crippen molar-refractivity contribution in [1.29, 1.82) is 0 Å². The molecule has 0 saturated carbocycles. The lowest BCUT2D eigenvalue weighted by atomic mass is 10.0. The molecule has 0 spiro atoms. The molecule has 3 N–H and O–H groups in total. The Morgan fingerprint density at radius 1 is 1.24 bits per heavy atom. The Bertz CT molecular complexity index is 855. The van der Waals surface area contributed by atoms with Crippen LogP contribution in [-0.4, -0.2) is 42.4 Å². The molecular formula is C20H22FNO7. The third kappa shape index (κ3) is 5.07. The van der Waals surface area contributed by atoms with Gasteiger partial charge in [-0.05, 0) is 36.8 Å². The first-order valence-corrected chi connectivity index (χ1v) is 9.10. The molecule has 156 valence electrons. The molecule has 2 aromatic rings. The van der Waals surface area contributed by atoms with E-state index in [9.17, 15) is 19.4 Å². The number of aromatic hydroxyl groups is 1. The van der Waals surface area contributed by atoms with Crippen molar-refractivity contribution in [2.75, 3.05) is 25.3 Å². The minimum absolute atomic E-state index is 0.106. The fourth-order valence-electron chi connectivity index (χ4n) is 2.96. The highest BCUT2D eigenvalue weighted by Crippen LogP contribution is 2.35. The number of phenolic OH excluding ortho intramolecular Hbond substituents is 1. The summed E-state index contributed by atoms with van der Waals surface area (Å²) in [6, 6.07) is 8.53. The molecule has 2 aromatic carbocycles. The standard InChI is InChI=1S/C20H22FNO7/c1-2-26-17(7-8-23)19(12-3-5-15(24)14(21)9-12)29-20(25)22-13-4-6-16-18(10-13)28-11-27-16/h3-6,9-10,17,19,23-24H,2,7-8,11H2,1H3,(H,22,25)/t17-,19-/m1/s1. The van der Waals surface area contributed by atoms with Gasteiger partial charge in [0, 0.05) is 31.4 Å². The van der Waals surface area contributed by atoms with E-state index in [1.165, 1.54) is 12.1 Å². The van der Waals surface area contributed by atoms with Gasteiger partial charge in [-0.25, -0.2) is 9.18 Å². The molecule has 9 heteroatoms. The van der Waals surface area contributed by atoms with Gasteiger partial charge in [-0.15, -0.1) is 0 Å². The first-order chi connectivity index (χ1) is 14.0. The van der Waals surface area contributed by atoms with Crippen LogP contribution in [0, 0.1) is 5.82 Å². The van der Waals surface area contributed by atoms with Gasteiger partial charge < -0.3 is 29.2 Å². The zero-order valence-electron chi connectivity index (χ0n) is 15.8. The lowest BCUT2D eigenvalue weighted by Crippen LogP contribution is -2.29. The summed E-state index contributed by atoms with van der Waals surface area (Å²) < 4.78 is 35.5. The number of halogens is 1. The Labute approximate surface area is 166 Å². The molecule has 0 unspecified atom stereocenters. The van der Waals surface area contributed by atoms with Gasteiger partial charge in [-0.2, -0.15) is 0 Å². The highest BCUT2D eigenvalue weighted by Gasteiger charge is 2.28. The number of carbonyl (C=O) groups is 1. The number of amides is 1. The van der Waals surface area contributed by atoms with Crippen molar-refractivity contribution in [3.63, 3.8) is 0 Å². The number of fused-ring (bicyclic) bond motifs is 1. The quantitative estimate of drug-likeness (QED) is 0.616. The molecule has 1 heterocycles. The summed E-state index contributed by atoms with van der Waals surface area (Å²) in [5.41, 5.74) is 0.707. The molecule has 1 aliphatic heterocycles. The minimum atomic E-state index is -1.01. The van der Waals surface area contributed by atoms with Crippen LogP contribution < -0.4 is 14.8 Å². The van der Waals surface area contributed by atoms with E-state index in [4.69, 9.17) is 18.9 Å². The van der Waals surface area contributed by atoms with Crippen LogP contribution in [0.2, 0.25) is 0 Å². The highest BCUT2D eigenvalue weighted by atomic mass is 19.1. The average Bonchev–Trinajstić information content (AvgIpc) is 3.16. The molecule has 0 radical (unpaired) electrons. The van der Waals surface area contributed by atoms with E-state index in [2.05, 4.69) is 5.32 Å². The second-order valence-corrected chi connectivity index (χ2v) is 6.24. The number of rotatable bonds is 8. The Hall–Kier alpha value is -3.04. The monoisotopic (exact) mass is 407 g/mol. The van der Waals surface area contributed by atoms with Gasteiger partial charge in [0.15, 0.2) is 29.2 Å². The summed E-state index contributed by atoms with van der Waals surface area (Å²) in [5.74, 6) is -0.313. The molecule has 0 bridgehead atoms. The third-order valence-electron chi connectivity index (χ3n) is 4.29. The van der Waals surface area contributed by atoms with Gasteiger partial charge >= 0.3 is 6.09 Å². The fourth-order valence-corrected chi connectivity index (χ4v) is 2.96. The van der Waals surface area contributed by atoms with Crippen molar-refractivity contribution < 1.29 is 38.3 Å². The van der Waals surface area contributed by atoms with Gasteiger partial charge in [0.2, 0.25) is 6.79 Å². The number of hydrogen-bond acceptors (Lipinski definition) is 7. The summed E-state index contributed by atoms with van der Waals surface area (Å²) in [4.78, 5) is 12.5. The molecule has 1 aliphatic rings. The number of nitrogens with one attached hydrogen (secondary N) is 1. The molecule has 29 heavy (non-hydrogen) atoms. The number of phenols is 1. The van der Waals surface area contributed by atoms with Gasteiger partial charge in [0.05, 0.1) is 0 Å². The molecule has 2 atom stereocenters. The van der Waals surface area contributed by atoms with E-state index in [0.29, 0.717) is 23.8 Å². The highest BCUT2D eigenvalue weighted by molar-refractivity contribution is 5.85. The first kappa shape index (κ1) is 20.7. The summed E-state index contributed by atoms with van der Waals surface area (Å²) in [7, 11) is 0. The lowest BCUT2D eigenvalue weighted by molar-refractivity contribution is -0.0485. The Morgan fingerprint density at radius 2 is 2.03 bits per heavy atom. The predicted octanol–water partition coefficient (Wildman–Crippen LogP) is 3.34. The van der Waals surface area contributed by atoms with Crippen LogP contribution in [-0.2, 0) is 9.47 Å². The zero-order chi connectivity index (χ0) is 20.8. The van der Waals surface area contributed by atoms with Crippen LogP contribution in [0.3, 0.4) is 0 Å². The second-order valence-electron chi connectivity index (χ2n) is 6.24. The molecule has 3 rings (SSSR count). The van der Waals surface area contributed by atoms with Gasteiger partial charge in [-0.1, -0.05) is 6.07 Å². The van der Waals surface area contributed by atoms with Gasteiger partial charge in [0.1, 0.15) is 6.10 Å². The van der Waals surface area contributed by atoms with Crippen LogP contribution in [0.25, 0.3) is 0 Å². The number of ether oxygens (including phenoxy) is 4. The Kier molecular flexibility index (Phi) is 6.73. The number of benzene rings is 2. The van der Waals surface area contributed by atoms with E-state index in [1.807, 2.05) is 0 Å². The maximum atomic E-state index is 13.9. The van der Waals surface area contributed by atoms with Crippen LogP contribution >= 0.6 is 0 Å². The number of aliphatic hydroxyl groups is 1. The summed E-state index contributed by atoms with van der Waals surface area (Å²) in [5, 5.41) is 21.4. The van der Waals surface area contributed by atoms with E-state index in [1.54, 1.807) is 25.1 Å². The number of aliphatic hydroxyl groups excluding tert-OH is 1. The summed E-state index contributed by atoms with van der Waals surface area (Å²) >= 11 is 0. The zero-order valence-corrected chi connectivity index (χ0v) is 15.8. The molecule has 0 aromatic heterocycles. The van der Waals surface area contributed by atoms with Crippen LogP contribution in [0.4, 0.5) is 14.9 Å². The van der Waals surface area contributed by atoms with E-state index < -0.39 is 29.9 Å². The first-order valence-electron chi connectivity index (χ1n) is 9.10. The maximum Gasteiger partial charge on any atom is 0.412 e. The molecule has 0 saturated heterocycles. The number of anilines is 1. The maximum absolute atomic E-state index is 13.9. The van der Waals surface area contributed by atoms with Crippen molar-refractivity contribution in [3.05, 3.63) is 47.8 Å². The van der Waals surface area contributed by atoms with E-state index in [-0.39, 0.29) is 25.4 Å². The van der Waals surface area contributed by atoms with Crippen LogP contribution in [0.1, 0.15) is 25.0 Å². The van der Waals surface area contributed by atoms with E-state index >= 15 is 0 Å². The molecule has 8 nitrogen and oxygen atoms in total. The topological polar surface area (TPSA) is 106 Å². The van der Waals surface area contributed by atoms with Crippen molar-refractivity contribution in [1.82, 2.24) is 0 Å². The van der Waals surface area contributed by atoms with E-state index in [0.717, 1.165) is 6.07 Å². The second kappa shape index (κ2) is 9.44. The van der Waals surface area contributed by atoms with Crippen LogP contribution in [0.15, 0.2) is 36.4 Å². The molecule has 1 amide bonds. The lowest BCUT2D eigenvalue weighted by Gasteiger charge is -2.27. The largest absolute Gasteiger partial charge is 0.505 e.